The number of benzene rings is 2. The van der Waals surface area contributed by atoms with E-state index in [0.29, 0.717) is 23.0 Å². The van der Waals surface area contributed by atoms with Crippen LogP contribution in [0.3, 0.4) is 0 Å². The van der Waals surface area contributed by atoms with Crippen LogP contribution in [0.25, 0.3) is 0 Å². The van der Waals surface area contributed by atoms with Gasteiger partial charge in [0.05, 0.1) is 25.9 Å². The van der Waals surface area contributed by atoms with Gasteiger partial charge in [0.1, 0.15) is 5.75 Å². The standard InChI is InChI=1S/C22H29ClN4O3/c1-26(16-22(29)25-19-14-17(23)10-11-20(19)30-3)15-21(28)24-12-7-13-27(2)18-8-5-4-6-9-18/h4-6,8-11,14H,7,12-13,15-16H2,1-3H3,(H,24,28)(H,25,29). The summed E-state index contributed by atoms with van der Waals surface area (Å²) in [5.41, 5.74) is 1.64. The van der Waals surface area contributed by atoms with E-state index in [1.807, 2.05) is 25.2 Å². The van der Waals surface area contributed by atoms with E-state index < -0.39 is 0 Å². The van der Waals surface area contributed by atoms with E-state index in [2.05, 4.69) is 27.7 Å². The van der Waals surface area contributed by atoms with Crippen molar-refractivity contribution in [2.45, 2.75) is 6.42 Å². The molecule has 162 valence electrons. The predicted molar refractivity (Wildman–Crippen MR) is 121 cm³/mol. The molecule has 0 aliphatic heterocycles. The van der Waals surface area contributed by atoms with E-state index in [0.717, 1.165) is 18.7 Å². The van der Waals surface area contributed by atoms with Crippen molar-refractivity contribution in [1.82, 2.24) is 10.2 Å². The molecule has 0 aliphatic rings. The second kappa shape index (κ2) is 12.0. The molecule has 8 heteroatoms. The Morgan fingerprint density at radius 1 is 1.03 bits per heavy atom. The highest BCUT2D eigenvalue weighted by Gasteiger charge is 2.13. The van der Waals surface area contributed by atoms with E-state index in [4.69, 9.17) is 16.3 Å². The Morgan fingerprint density at radius 3 is 2.43 bits per heavy atom. The van der Waals surface area contributed by atoms with Gasteiger partial charge in [-0.25, -0.2) is 0 Å². The first-order valence-corrected chi connectivity index (χ1v) is 10.1. The van der Waals surface area contributed by atoms with Crippen molar-refractivity contribution in [2.75, 3.05) is 57.6 Å². The number of nitrogens with zero attached hydrogens (tertiary/aromatic N) is 2. The Kier molecular flexibility index (Phi) is 9.44. The van der Waals surface area contributed by atoms with Crippen molar-refractivity contribution >= 4 is 34.8 Å². The fourth-order valence-electron chi connectivity index (χ4n) is 2.93. The molecule has 0 aromatic heterocycles. The third kappa shape index (κ3) is 7.93. The smallest absolute Gasteiger partial charge is 0.238 e. The Bertz CT molecular complexity index is 832. The molecule has 7 nitrogen and oxygen atoms in total. The third-order valence-corrected chi connectivity index (χ3v) is 4.69. The van der Waals surface area contributed by atoms with Crippen LogP contribution in [-0.4, -0.2) is 64.1 Å². The molecule has 0 bridgehead atoms. The Balaban J connectivity index is 1.68. The number of para-hydroxylation sites is 1. The first-order chi connectivity index (χ1) is 14.4. The lowest BCUT2D eigenvalue weighted by molar-refractivity contribution is -0.122. The number of hydrogen-bond donors (Lipinski definition) is 2. The van der Waals surface area contributed by atoms with Crippen LogP contribution in [0.2, 0.25) is 5.02 Å². The van der Waals surface area contributed by atoms with Crippen LogP contribution in [0.4, 0.5) is 11.4 Å². The van der Waals surface area contributed by atoms with Crippen molar-refractivity contribution in [1.29, 1.82) is 0 Å². The van der Waals surface area contributed by atoms with Crippen LogP contribution >= 0.6 is 11.6 Å². The molecule has 0 spiro atoms. The molecule has 0 heterocycles. The van der Waals surface area contributed by atoms with Crippen molar-refractivity contribution in [2.24, 2.45) is 0 Å². The minimum absolute atomic E-state index is 0.0693. The summed E-state index contributed by atoms with van der Waals surface area (Å²) >= 11 is 5.97. The van der Waals surface area contributed by atoms with Gasteiger partial charge in [-0.2, -0.15) is 0 Å². The Morgan fingerprint density at radius 2 is 1.73 bits per heavy atom. The van der Waals surface area contributed by atoms with Gasteiger partial charge in [-0.3, -0.25) is 14.5 Å². The zero-order chi connectivity index (χ0) is 21.9. The maximum Gasteiger partial charge on any atom is 0.238 e. The minimum atomic E-state index is -0.254. The van der Waals surface area contributed by atoms with E-state index >= 15 is 0 Å². The molecular formula is C22H29ClN4O3. The highest BCUT2D eigenvalue weighted by Crippen LogP contribution is 2.27. The van der Waals surface area contributed by atoms with Gasteiger partial charge in [0.25, 0.3) is 0 Å². The molecule has 2 rings (SSSR count). The van der Waals surface area contributed by atoms with Crippen LogP contribution in [0.15, 0.2) is 48.5 Å². The Labute approximate surface area is 182 Å². The number of rotatable bonds is 11. The first kappa shape index (κ1) is 23.5. The lowest BCUT2D eigenvalue weighted by Crippen LogP contribution is -2.39. The molecule has 0 atom stereocenters. The lowest BCUT2D eigenvalue weighted by Gasteiger charge is -2.20. The fourth-order valence-corrected chi connectivity index (χ4v) is 3.10. The number of hydrogen-bond acceptors (Lipinski definition) is 5. The van der Waals surface area contributed by atoms with Crippen LogP contribution < -0.4 is 20.3 Å². The van der Waals surface area contributed by atoms with Crippen LogP contribution in [-0.2, 0) is 9.59 Å². The van der Waals surface area contributed by atoms with Gasteiger partial charge in [0, 0.05) is 30.8 Å². The van der Waals surface area contributed by atoms with Gasteiger partial charge in [-0.1, -0.05) is 29.8 Å². The van der Waals surface area contributed by atoms with Crippen LogP contribution in [0.1, 0.15) is 6.42 Å². The summed E-state index contributed by atoms with van der Waals surface area (Å²) in [4.78, 5) is 28.2. The maximum atomic E-state index is 12.3. The van der Waals surface area contributed by atoms with Crippen molar-refractivity contribution in [3.63, 3.8) is 0 Å². The number of carbonyl (C=O) groups excluding carboxylic acids is 2. The van der Waals surface area contributed by atoms with E-state index in [1.54, 1.807) is 30.1 Å². The minimum Gasteiger partial charge on any atom is -0.495 e. The molecule has 2 amide bonds. The average Bonchev–Trinajstić information content (AvgIpc) is 2.71. The summed E-state index contributed by atoms with van der Waals surface area (Å²) in [5.74, 6) is 0.150. The zero-order valence-electron chi connectivity index (χ0n) is 17.7. The number of amides is 2. The second-order valence-corrected chi connectivity index (χ2v) is 7.46. The summed E-state index contributed by atoms with van der Waals surface area (Å²) in [5, 5.41) is 6.15. The summed E-state index contributed by atoms with van der Waals surface area (Å²) in [6.45, 7) is 1.62. The molecule has 2 aromatic carbocycles. The normalized spacial score (nSPS) is 10.6. The molecular weight excluding hydrogens is 404 g/mol. The monoisotopic (exact) mass is 432 g/mol. The van der Waals surface area contributed by atoms with E-state index in [9.17, 15) is 9.59 Å². The summed E-state index contributed by atoms with van der Waals surface area (Å²) in [6, 6.07) is 15.1. The Hall–Kier alpha value is -2.77. The summed E-state index contributed by atoms with van der Waals surface area (Å²) in [6.07, 6.45) is 0.829. The number of carbonyl (C=O) groups is 2. The zero-order valence-corrected chi connectivity index (χ0v) is 18.4. The van der Waals surface area contributed by atoms with Crippen LogP contribution in [0.5, 0.6) is 5.75 Å². The molecule has 0 aliphatic carbocycles. The maximum absolute atomic E-state index is 12.3. The number of halogens is 1. The topological polar surface area (TPSA) is 73.9 Å². The quantitative estimate of drug-likeness (QED) is 0.534. The second-order valence-electron chi connectivity index (χ2n) is 7.03. The van der Waals surface area contributed by atoms with Gasteiger partial charge < -0.3 is 20.3 Å². The number of anilines is 2. The predicted octanol–water partition coefficient (Wildman–Crippen LogP) is 2.86. The number of likely N-dealkylation sites (N-methyl/N-ethyl adjacent to an activating group) is 1. The van der Waals surface area contributed by atoms with Crippen molar-refractivity contribution in [3.05, 3.63) is 53.6 Å². The molecule has 2 aromatic rings. The SMILES string of the molecule is COc1ccc(Cl)cc1NC(=O)CN(C)CC(=O)NCCCN(C)c1ccccc1. The molecule has 0 unspecified atom stereocenters. The first-order valence-electron chi connectivity index (χ1n) is 9.74. The van der Waals surface area contributed by atoms with Crippen molar-refractivity contribution in [3.8, 4) is 5.75 Å². The fraction of sp³-hybridized carbons (Fsp3) is 0.364. The van der Waals surface area contributed by atoms with E-state index in [-0.39, 0.29) is 24.9 Å². The lowest BCUT2D eigenvalue weighted by atomic mass is 10.3. The van der Waals surface area contributed by atoms with Gasteiger partial charge in [-0.15, -0.1) is 0 Å². The van der Waals surface area contributed by atoms with Gasteiger partial charge in [-0.05, 0) is 43.8 Å². The summed E-state index contributed by atoms with van der Waals surface area (Å²) in [7, 11) is 5.27. The molecule has 0 saturated carbocycles. The molecule has 30 heavy (non-hydrogen) atoms. The van der Waals surface area contributed by atoms with Gasteiger partial charge in [0.2, 0.25) is 11.8 Å². The highest BCUT2D eigenvalue weighted by atomic mass is 35.5. The van der Waals surface area contributed by atoms with E-state index in [1.165, 1.54) is 7.11 Å². The number of methoxy groups -OCH3 is 1. The molecule has 0 saturated heterocycles. The summed E-state index contributed by atoms with van der Waals surface area (Å²) < 4.78 is 5.22. The van der Waals surface area contributed by atoms with Crippen LogP contribution in [0, 0.1) is 0 Å². The molecule has 2 N–H and O–H groups in total. The largest absolute Gasteiger partial charge is 0.495 e. The van der Waals surface area contributed by atoms with Crippen molar-refractivity contribution < 1.29 is 14.3 Å². The molecule has 0 fully saturated rings. The molecule has 0 radical (unpaired) electrons. The number of ether oxygens (including phenoxy) is 1. The third-order valence-electron chi connectivity index (χ3n) is 4.45. The highest BCUT2D eigenvalue weighted by molar-refractivity contribution is 6.31. The number of nitrogens with one attached hydrogen (secondary N) is 2. The van der Waals surface area contributed by atoms with Gasteiger partial charge in [0.15, 0.2) is 0 Å². The van der Waals surface area contributed by atoms with Gasteiger partial charge >= 0.3 is 0 Å². The average molecular weight is 433 g/mol.